The highest BCUT2D eigenvalue weighted by Crippen LogP contribution is 2.66. The van der Waals surface area contributed by atoms with Crippen molar-refractivity contribution in [3.05, 3.63) is 156 Å². The molecule has 0 aromatic heterocycles. The molecule has 0 amide bonds. The van der Waals surface area contributed by atoms with Gasteiger partial charge in [0.05, 0.1) is 0 Å². The molecule has 7 aromatic carbocycles. The molecule has 0 saturated heterocycles. The molecule has 1 unspecified atom stereocenters. The van der Waals surface area contributed by atoms with Gasteiger partial charge in [-0.05, 0) is 49.5 Å². The van der Waals surface area contributed by atoms with Gasteiger partial charge in [-0.25, -0.2) is 0 Å². The van der Waals surface area contributed by atoms with Gasteiger partial charge in [-0.15, -0.1) is 0 Å². The van der Waals surface area contributed by atoms with Gasteiger partial charge in [-0.3, -0.25) is 0 Å². The van der Waals surface area contributed by atoms with E-state index in [1.807, 2.05) is 54.6 Å². The summed E-state index contributed by atoms with van der Waals surface area (Å²) in [4.78, 5) is 0. The van der Waals surface area contributed by atoms with Gasteiger partial charge in [-0.2, -0.15) is 0 Å². The van der Waals surface area contributed by atoms with Crippen LogP contribution in [0.25, 0.3) is 43.2 Å². The molecule has 0 aliphatic carbocycles. The largest absolute Gasteiger partial charge is 0.309 e. The molecule has 1 heterocycles. The monoisotopic (exact) mass is 502 g/mol. The van der Waals surface area contributed by atoms with Crippen LogP contribution in [0.4, 0.5) is 0 Å². The summed E-state index contributed by atoms with van der Waals surface area (Å²) >= 11 is 0. The number of rotatable bonds is 3. The van der Waals surface area contributed by atoms with Gasteiger partial charge in [0, 0.05) is 27.1 Å². The smallest absolute Gasteiger partial charge is 0.172 e. The van der Waals surface area contributed by atoms with Crippen LogP contribution < -0.4 is 10.6 Å². The predicted octanol–water partition coefficient (Wildman–Crippen LogP) is 8.83. The van der Waals surface area contributed by atoms with Gasteiger partial charge >= 0.3 is 0 Å². The Bertz CT molecular complexity index is 2060. The maximum absolute atomic E-state index is 15.9. The van der Waals surface area contributed by atoms with Crippen molar-refractivity contribution in [3.63, 3.8) is 0 Å². The minimum atomic E-state index is -3.20. The fraction of sp³-hybridized carbons (Fsp3) is 0. The number of hydrogen-bond acceptors (Lipinski definition) is 1. The van der Waals surface area contributed by atoms with Crippen molar-refractivity contribution in [1.82, 2.24) is 0 Å². The summed E-state index contributed by atoms with van der Waals surface area (Å²) < 4.78 is 15.9. The van der Waals surface area contributed by atoms with Crippen LogP contribution in [-0.4, -0.2) is 0 Å². The number of benzene rings is 7. The number of fused-ring (bicyclic) bond motifs is 2. The molecule has 0 radical (unpaired) electrons. The Morgan fingerprint density at radius 2 is 1.05 bits per heavy atom. The Hall–Kier alpha value is -4.45. The molecular weight excluding hydrogens is 479 g/mol. The Labute approximate surface area is 221 Å². The molecule has 0 fully saturated rings. The first-order valence-electron chi connectivity index (χ1n) is 13.0. The van der Waals surface area contributed by atoms with Crippen LogP contribution in [0.1, 0.15) is 16.7 Å². The van der Waals surface area contributed by atoms with Crippen LogP contribution in [0.3, 0.4) is 0 Å². The second-order valence-electron chi connectivity index (χ2n) is 10.0. The third kappa shape index (κ3) is 2.86. The lowest BCUT2D eigenvalue weighted by atomic mass is 9.87. The van der Waals surface area contributed by atoms with Crippen molar-refractivity contribution in [2.24, 2.45) is 0 Å². The fourth-order valence-electron chi connectivity index (χ4n) is 6.42. The van der Waals surface area contributed by atoms with E-state index >= 15 is 4.57 Å². The molecule has 7 aromatic rings. The van der Waals surface area contributed by atoms with Gasteiger partial charge in [0.25, 0.3) is 0 Å². The Morgan fingerprint density at radius 3 is 1.74 bits per heavy atom. The highest BCUT2D eigenvalue weighted by Gasteiger charge is 2.44. The molecule has 178 valence electrons. The van der Waals surface area contributed by atoms with E-state index in [2.05, 4.69) is 84.9 Å². The van der Waals surface area contributed by atoms with E-state index in [-0.39, 0.29) is 0 Å². The zero-order chi connectivity index (χ0) is 25.3. The molecule has 1 aliphatic rings. The molecule has 0 spiro atoms. The maximum atomic E-state index is 15.9. The average Bonchev–Trinajstić information content (AvgIpc) is 3.26. The molecule has 1 aliphatic heterocycles. The summed E-state index contributed by atoms with van der Waals surface area (Å²) in [5.41, 5.74) is 4.29. The fourth-order valence-corrected chi connectivity index (χ4v) is 9.72. The second-order valence-corrected chi connectivity index (χ2v) is 12.7. The van der Waals surface area contributed by atoms with Gasteiger partial charge in [-0.1, -0.05) is 133 Å². The van der Waals surface area contributed by atoms with Crippen LogP contribution in [0.15, 0.2) is 140 Å². The molecular formula is C36H23OP. The molecule has 0 N–H and O–H groups in total. The molecule has 1 atom stereocenters. The van der Waals surface area contributed by atoms with Crippen molar-refractivity contribution in [2.75, 3.05) is 0 Å². The van der Waals surface area contributed by atoms with Crippen LogP contribution in [0.5, 0.6) is 0 Å². The van der Waals surface area contributed by atoms with E-state index in [4.69, 9.17) is 0 Å². The summed E-state index contributed by atoms with van der Waals surface area (Å²) in [5, 5.41) is 10.1. The highest BCUT2D eigenvalue weighted by atomic mass is 31.2. The van der Waals surface area contributed by atoms with E-state index < -0.39 is 7.14 Å². The van der Waals surface area contributed by atoms with Crippen LogP contribution in [-0.2, 0) is 4.57 Å². The SMILES string of the molecule is O=P1(c2ccccc2)C(c2ccccc2)=C(c2ccccc2)c2c1cc1ccc3cccc4ccc2c1c34. The first kappa shape index (κ1) is 21.6. The van der Waals surface area contributed by atoms with E-state index in [1.54, 1.807) is 0 Å². The van der Waals surface area contributed by atoms with Crippen molar-refractivity contribution >= 4 is 61.0 Å². The van der Waals surface area contributed by atoms with E-state index in [9.17, 15) is 0 Å². The molecule has 0 saturated carbocycles. The molecule has 38 heavy (non-hydrogen) atoms. The third-order valence-electron chi connectivity index (χ3n) is 8.00. The first-order chi connectivity index (χ1) is 18.7. The quantitative estimate of drug-likeness (QED) is 0.174. The van der Waals surface area contributed by atoms with Crippen LogP contribution in [0.2, 0.25) is 0 Å². The zero-order valence-corrected chi connectivity index (χ0v) is 21.5. The van der Waals surface area contributed by atoms with Crippen molar-refractivity contribution in [2.45, 2.75) is 0 Å². The standard InChI is InChI=1S/C36H23OP/c37-38(29-17-8-3-9-18-29)31-23-28-20-19-25-15-10-16-26-21-22-30(33(28)32(25)26)35(31)34(24-11-4-1-5-12-24)36(38)27-13-6-2-7-14-27/h1-23H. The van der Waals surface area contributed by atoms with Gasteiger partial charge in [0.1, 0.15) is 0 Å². The highest BCUT2D eigenvalue weighted by molar-refractivity contribution is 7.88. The van der Waals surface area contributed by atoms with Gasteiger partial charge in [0.2, 0.25) is 0 Å². The molecule has 0 bridgehead atoms. The minimum absolute atomic E-state index is 0.874. The van der Waals surface area contributed by atoms with Crippen molar-refractivity contribution in [3.8, 4) is 0 Å². The lowest BCUT2D eigenvalue weighted by Gasteiger charge is -2.20. The molecule has 1 nitrogen and oxygen atoms in total. The summed E-state index contributed by atoms with van der Waals surface area (Å²) in [6, 6.07) is 48.5. The average molecular weight is 503 g/mol. The summed E-state index contributed by atoms with van der Waals surface area (Å²) in [6.07, 6.45) is 0. The molecule has 2 heteroatoms. The summed E-state index contributed by atoms with van der Waals surface area (Å²) in [6.45, 7) is 0. The molecule has 8 rings (SSSR count). The topological polar surface area (TPSA) is 17.1 Å². The predicted molar refractivity (Wildman–Crippen MR) is 162 cm³/mol. The minimum Gasteiger partial charge on any atom is -0.309 e. The van der Waals surface area contributed by atoms with Gasteiger partial charge < -0.3 is 4.57 Å². The van der Waals surface area contributed by atoms with Crippen LogP contribution in [0, 0.1) is 0 Å². The van der Waals surface area contributed by atoms with Crippen LogP contribution >= 0.6 is 7.14 Å². The van der Waals surface area contributed by atoms with Crippen molar-refractivity contribution in [1.29, 1.82) is 0 Å². The number of hydrogen-bond donors (Lipinski definition) is 0. The maximum Gasteiger partial charge on any atom is 0.172 e. The van der Waals surface area contributed by atoms with E-state index in [0.29, 0.717) is 0 Å². The second kappa shape index (κ2) is 8.02. The Morgan fingerprint density at radius 1 is 0.474 bits per heavy atom. The summed E-state index contributed by atoms with van der Waals surface area (Å²) in [7, 11) is -3.20. The Balaban J connectivity index is 1.63. The van der Waals surface area contributed by atoms with Crippen molar-refractivity contribution < 1.29 is 4.57 Å². The first-order valence-corrected chi connectivity index (χ1v) is 14.7. The van der Waals surface area contributed by atoms with E-state index in [1.165, 1.54) is 26.9 Å². The van der Waals surface area contributed by atoms with E-state index in [0.717, 1.165) is 43.6 Å². The summed E-state index contributed by atoms with van der Waals surface area (Å²) in [5.74, 6) is 0. The Kier molecular flexibility index (Phi) is 4.56. The lowest BCUT2D eigenvalue weighted by molar-refractivity contribution is 0.593. The lowest BCUT2D eigenvalue weighted by Crippen LogP contribution is -2.16. The zero-order valence-electron chi connectivity index (χ0n) is 20.6. The van der Waals surface area contributed by atoms with Gasteiger partial charge in [0.15, 0.2) is 7.14 Å². The normalized spacial score (nSPS) is 17.1. The third-order valence-corrected chi connectivity index (χ3v) is 11.2.